The zero-order chi connectivity index (χ0) is 11.1. The van der Waals surface area contributed by atoms with Gasteiger partial charge in [0.2, 0.25) is 0 Å². The zero-order valence-electron chi connectivity index (χ0n) is 10.7. The van der Waals surface area contributed by atoms with E-state index in [0.29, 0.717) is 6.04 Å². The van der Waals surface area contributed by atoms with E-state index in [0.717, 1.165) is 0 Å². The van der Waals surface area contributed by atoms with Crippen molar-refractivity contribution in [3.8, 4) is 0 Å². The van der Waals surface area contributed by atoms with Gasteiger partial charge in [0.25, 0.3) is 0 Å². The number of nitrogens with zero attached hydrogens (tertiary/aromatic N) is 2. The first kappa shape index (κ1) is 13.5. The Morgan fingerprint density at radius 3 is 2.21 bits per heavy atom. The Kier molecular flexibility index (Phi) is 6.64. The SMILES string of the molecule is CCCC/C(C)=C\N(C(C)C)N(C)C. The predicted molar refractivity (Wildman–Crippen MR) is 63.9 cm³/mol. The lowest BCUT2D eigenvalue weighted by Crippen LogP contribution is -2.37. The van der Waals surface area contributed by atoms with Crippen LogP contribution in [0.15, 0.2) is 11.8 Å². The third-order valence-electron chi connectivity index (χ3n) is 2.27. The van der Waals surface area contributed by atoms with Gasteiger partial charge in [-0.25, -0.2) is 5.01 Å². The standard InChI is InChI=1S/C12H26N2/c1-7-8-9-12(4)10-14(11(2)3)13(5)6/h10-11H,7-9H2,1-6H3/b12-10-. The Labute approximate surface area is 89.6 Å². The topological polar surface area (TPSA) is 6.48 Å². The molecule has 14 heavy (non-hydrogen) atoms. The molecule has 0 aromatic heterocycles. The van der Waals surface area contributed by atoms with Crippen LogP contribution in [0.1, 0.15) is 47.0 Å². The molecule has 0 rings (SSSR count). The number of unbranched alkanes of at least 4 members (excludes halogenated alkanes) is 1. The van der Waals surface area contributed by atoms with Crippen molar-refractivity contribution in [2.45, 2.75) is 53.0 Å². The molecule has 0 aromatic carbocycles. The molecule has 2 heteroatoms. The van der Waals surface area contributed by atoms with Crippen molar-refractivity contribution in [2.24, 2.45) is 0 Å². The highest BCUT2D eigenvalue weighted by atomic mass is 15.6. The Hall–Kier alpha value is -0.500. The second-order valence-electron chi connectivity index (χ2n) is 4.40. The summed E-state index contributed by atoms with van der Waals surface area (Å²) in [5.74, 6) is 0. The maximum Gasteiger partial charge on any atom is 0.0394 e. The van der Waals surface area contributed by atoms with Crippen LogP contribution >= 0.6 is 0 Å². The summed E-state index contributed by atoms with van der Waals surface area (Å²) < 4.78 is 0. The normalized spacial score (nSPS) is 12.7. The Balaban J connectivity index is 4.24. The van der Waals surface area contributed by atoms with Crippen LogP contribution < -0.4 is 0 Å². The van der Waals surface area contributed by atoms with E-state index in [1.54, 1.807) is 0 Å². The molecule has 0 aliphatic carbocycles. The maximum absolute atomic E-state index is 2.27. The van der Waals surface area contributed by atoms with Crippen molar-refractivity contribution in [3.05, 3.63) is 11.8 Å². The lowest BCUT2D eigenvalue weighted by Gasteiger charge is -2.32. The van der Waals surface area contributed by atoms with Crippen molar-refractivity contribution in [1.29, 1.82) is 0 Å². The summed E-state index contributed by atoms with van der Waals surface area (Å²) in [6, 6.07) is 0.529. The first-order valence-electron chi connectivity index (χ1n) is 5.61. The van der Waals surface area contributed by atoms with Gasteiger partial charge in [-0.1, -0.05) is 18.9 Å². The van der Waals surface area contributed by atoms with E-state index in [9.17, 15) is 0 Å². The summed E-state index contributed by atoms with van der Waals surface area (Å²) in [6.45, 7) is 8.88. The minimum atomic E-state index is 0.529. The Morgan fingerprint density at radius 2 is 1.86 bits per heavy atom. The van der Waals surface area contributed by atoms with Gasteiger partial charge < -0.3 is 5.01 Å². The van der Waals surface area contributed by atoms with E-state index in [2.05, 4.69) is 58.0 Å². The van der Waals surface area contributed by atoms with Gasteiger partial charge >= 0.3 is 0 Å². The summed E-state index contributed by atoms with van der Waals surface area (Å²) >= 11 is 0. The van der Waals surface area contributed by atoms with E-state index < -0.39 is 0 Å². The third kappa shape index (κ3) is 5.28. The average Bonchev–Trinajstić information content (AvgIpc) is 2.09. The van der Waals surface area contributed by atoms with Crippen LogP contribution in [0.3, 0.4) is 0 Å². The molecule has 0 spiro atoms. The largest absolute Gasteiger partial charge is 0.311 e. The molecule has 0 aromatic rings. The summed E-state index contributed by atoms with van der Waals surface area (Å²) in [5, 5.41) is 4.41. The fourth-order valence-corrected chi connectivity index (χ4v) is 1.47. The molecule has 2 nitrogen and oxygen atoms in total. The lowest BCUT2D eigenvalue weighted by atomic mass is 10.1. The van der Waals surface area contributed by atoms with Gasteiger partial charge in [0.15, 0.2) is 0 Å². The molecule has 0 N–H and O–H groups in total. The minimum Gasteiger partial charge on any atom is -0.311 e. The smallest absolute Gasteiger partial charge is 0.0394 e. The third-order valence-corrected chi connectivity index (χ3v) is 2.27. The molecule has 0 fully saturated rings. The molecule has 84 valence electrons. The number of rotatable bonds is 6. The first-order chi connectivity index (χ1) is 6.49. The second-order valence-corrected chi connectivity index (χ2v) is 4.40. The number of allylic oxidation sites excluding steroid dienone is 1. The lowest BCUT2D eigenvalue weighted by molar-refractivity contribution is 0.0487. The molecular formula is C12H26N2. The van der Waals surface area contributed by atoms with Crippen molar-refractivity contribution in [1.82, 2.24) is 10.0 Å². The number of hydrogen-bond acceptors (Lipinski definition) is 2. The van der Waals surface area contributed by atoms with Crippen molar-refractivity contribution in [3.63, 3.8) is 0 Å². The minimum absolute atomic E-state index is 0.529. The highest BCUT2D eigenvalue weighted by Gasteiger charge is 2.06. The van der Waals surface area contributed by atoms with E-state index in [1.165, 1.54) is 24.8 Å². The van der Waals surface area contributed by atoms with Crippen LogP contribution in [0.25, 0.3) is 0 Å². The number of hydrogen-bond donors (Lipinski definition) is 0. The van der Waals surface area contributed by atoms with E-state index >= 15 is 0 Å². The zero-order valence-corrected chi connectivity index (χ0v) is 10.7. The van der Waals surface area contributed by atoms with Gasteiger partial charge in [-0.05, 0) is 33.6 Å². The van der Waals surface area contributed by atoms with Gasteiger partial charge in [0, 0.05) is 26.3 Å². The van der Waals surface area contributed by atoms with Crippen molar-refractivity contribution >= 4 is 0 Å². The molecule has 0 aliphatic heterocycles. The molecule has 0 unspecified atom stereocenters. The van der Waals surface area contributed by atoms with Crippen LogP contribution in [-0.4, -0.2) is 30.2 Å². The summed E-state index contributed by atoms with van der Waals surface area (Å²) in [7, 11) is 4.17. The quantitative estimate of drug-likeness (QED) is 0.604. The highest BCUT2D eigenvalue weighted by Crippen LogP contribution is 2.10. The summed E-state index contributed by atoms with van der Waals surface area (Å²) in [5.41, 5.74) is 1.47. The molecule has 0 bridgehead atoms. The van der Waals surface area contributed by atoms with Gasteiger partial charge in [0.05, 0.1) is 0 Å². The molecular weight excluding hydrogens is 172 g/mol. The Morgan fingerprint density at radius 1 is 1.29 bits per heavy atom. The van der Waals surface area contributed by atoms with E-state index in [-0.39, 0.29) is 0 Å². The maximum atomic E-state index is 2.27. The number of hydrazine groups is 1. The van der Waals surface area contributed by atoms with E-state index in [1.807, 2.05) is 0 Å². The Bertz CT molecular complexity index is 163. The highest BCUT2D eigenvalue weighted by molar-refractivity contribution is 4.97. The van der Waals surface area contributed by atoms with Crippen LogP contribution in [-0.2, 0) is 0 Å². The summed E-state index contributed by atoms with van der Waals surface area (Å²) in [4.78, 5) is 0. The van der Waals surface area contributed by atoms with Crippen LogP contribution in [0.4, 0.5) is 0 Å². The molecule has 0 aliphatic rings. The van der Waals surface area contributed by atoms with Crippen LogP contribution in [0, 0.1) is 0 Å². The van der Waals surface area contributed by atoms with Gasteiger partial charge in [0.1, 0.15) is 0 Å². The summed E-state index contributed by atoms with van der Waals surface area (Å²) in [6.07, 6.45) is 6.05. The predicted octanol–water partition coefficient (Wildman–Crippen LogP) is 3.27. The van der Waals surface area contributed by atoms with Crippen molar-refractivity contribution < 1.29 is 0 Å². The average molecular weight is 198 g/mol. The first-order valence-corrected chi connectivity index (χ1v) is 5.61. The molecule has 0 saturated carbocycles. The monoisotopic (exact) mass is 198 g/mol. The van der Waals surface area contributed by atoms with Gasteiger partial charge in [-0.2, -0.15) is 0 Å². The molecule has 0 radical (unpaired) electrons. The van der Waals surface area contributed by atoms with Crippen LogP contribution in [0.5, 0.6) is 0 Å². The molecule has 0 saturated heterocycles. The molecule has 0 heterocycles. The van der Waals surface area contributed by atoms with Crippen molar-refractivity contribution in [2.75, 3.05) is 14.1 Å². The fraction of sp³-hybridized carbons (Fsp3) is 0.833. The molecule has 0 amide bonds. The fourth-order valence-electron chi connectivity index (χ4n) is 1.47. The van der Waals surface area contributed by atoms with Gasteiger partial charge in [-0.3, -0.25) is 0 Å². The van der Waals surface area contributed by atoms with Crippen LogP contribution in [0.2, 0.25) is 0 Å². The van der Waals surface area contributed by atoms with Gasteiger partial charge in [-0.15, -0.1) is 0 Å². The van der Waals surface area contributed by atoms with E-state index in [4.69, 9.17) is 0 Å². The second kappa shape index (κ2) is 6.88. The molecule has 0 atom stereocenters.